The third kappa shape index (κ3) is 3.35. The molecule has 21 heavy (non-hydrogen) atoms. The van der Waals surface area contributed by atoms with E-state index in [0.717, 1.165) is 4.88 Å². The molecule has 114 valence electrons. The van der Waals surface area contributed by atoms with E-state index in [0.29, 0.717) is 12.8 Å². The summed E-state index contributed by atoms with van der Waals surface area (Å²) in [7, 11) is 1.76. The predicted molar refractivity (Wildman–Crippen MR) is 83.2 cm³/mol. The van der Waals surface area contributed by atoms with Crippen molar-refractivity contribution in [2.45, 2.75) is 32.7 Å². The Bertz CT molecular complexity index is 564. The summed E-state index contributed by atoms with van der Waals surface area (Å²) in [6.45, 7) is 4.02. The van der Waals surface area contributed by atoms with Crippen LogP contribution in [0.4, 0.5) is 0 Å². The van der Waals surface area contributed by atoms with E-state index in [-0.39, 0.29) is 11.9 Å². The molecule has 1 aromatic rings. The molecule has 0 fully saturated rings. The molecule has 3 atom stereocenters. The number of carboxylic acids is 1. The first-order chi connectivity index (χ1) is 9.91. The molecule has 0 saturated heterocycles. The van der Waals surface area contributed by atoms with Gasteiger partial charge in [-0.3, -0.25) is 9.59 Å². The number of amides is 1. The van der Waals surface area contributed by atoms with Gasteiger partial charge in [-0.25, -0.2) is 0 Å². The van der Waals surface area contributed by atoms with Crippen molar-refractivity contribution in [2.24, 2.45) is 11.8 Å². The van der Waals surface area contributed by atoms with Crippen LogP contribution < -0.4 is 0 Å². The highest BCUT2D eigenvalue weighted by Gasteiger charge is 2.36. The van der Waals surface area contributed by atoms with Gasteiger partial charge >= 0.3 is 5.97 Å². The molecule has 0 radical (unpaired) electrons. The molecule has 0 aliphatic heterocycles. The van der Waals surface area contributed by atoms with Crippen molar-refractivity contribution in [1.29, 1.82) is 0 Å². The van der Waals surface area contributed by atoms with Crippen molar-refractivity contribution in [3.63, 3.8) is 0 Å². The molecule has 1 amide bonds. The van der Waals surface area contributed by atoms with Gasteiger partial charge < -0.3 is 10.0 Å². The first-order valence-electron chi connectivity index (χ1n) is 7.12. The number of aliphatic carboxylic acids is 1. The minimum absolute atomic E-state index is 0.0310. The predicted octanol–water partition coefficient (Wildman–Crippen LogP) is 3.24. The number of carbonyl (C=O) groups excluding carboxylic acids is 1. The van der Waals surface area contributed by atoms with E-state index < -0.39 is 17.8 Å². The van der Waals surface area contributed by atoms with Gasteiger partial charge in [-0.05, 0) is 38.8 Å². The number of rotatable bonds is 4. The van der Waals surface area contributed by atoms with Crippen molar-refractivity contribution in [2.75, 3.05) is 7.05 Å². The standard InChI is InChI=1S/C16H21NO3S/c1-10-8-9-14(21-10)11(2)17(3)15(18)12-6-4-5-7-13(12)16(19)20/h4-5,8-9,11-13H,6-7H2,1-3H3,(H,19,20). The lowest BCUT2D eigenvalue weighted by Crippen LogP contribution is -2.40. The molecule has 1 N–H and O–H groups in total. The summed E-state index contributed by atoms with van der Waals surface area (Å²) in [5, 5.41) is 9.30. The summed E-state index contributed by atoms with van der Waals surface area (Å²) < 4.78 is 0. The number of carboxylic acid groups (broad SMARTS) is 1. The second-order valence-corrected chi connectivity index (χ2v) is 6.89. The molecular formula is C16H21NO3S. The van der Waals surface area contributed by atoms with E-state index in [1.54, 1.807) is 23.3 Å². The summed E-state index contributed by atoms with van der Waals surface area (Å²) in [6.07, 6.45) is 4.72. The van der Waals surface area contributed by atoms with Crippen molar-refractivity contribution < 1.29 is 14.7 Å². The number of carbonyl (C=O) groups is 2. The average molecular weight is 307 g/mol. The second kappa shape index (κ2) is 6.43. The van der Waals surface area contributed by atoms with E-state index in [1.807, 2.05) is 38.1 Å². The molecule has 5 heteroatoms. The first-order valence-corrected chi connectivity index (χ1v) is 7.94. The van der Waals surface area contributed by atoms with Gasteiger partial charge in [0.05, 0.1) is 17.9 Å². The van der Waals surface area contributed by atoms with Crippen LogP contribution in [0, 0.1) is 18.8 Å². The van der Waals surface area contributed by atoms with E-state index in [1.165, 1.54) is 4.88 Å². The average Bonchev–Trinajstić information content (AvgIpc) is 2.91. The maximum Gasteiger partial charge on any atom is 0.307 e. The topological polar surface area (TPSA) is 57.6 Å². The zero-order valence-electron chi connectivity index (χ0n) is 12.6. The zero-order valence-corrected chi connectivity index (χ0v) is 13.4. The SMILES string of the molecule is Cc1ccc(C(C)N(C)C(=O)C2CC=CCC2C(=O)O)s1. The Kier molecular flexibility index (Phi) is 4.83. The van der Waals surface area contributed by atoms with Crippen LogP contribution in [0.1, 0.15) is 35.6 Å². The van der Waals surface area contributed by atoms with Crippen LogP contribution in [-0.4, -0.2) is 28.9 Å². The number of hydrogen-bond donors (Lipinski definition) is 1. The normalized spacial score (nSPS) is 22.8. The van der Waals surface area contributed by atoms with Gasteiger partial charge in [-0.1, -0.05) is 12.2 Å². The molecule has 3 unspecified atom stereocenters. The fourth-order valence-corrected chi connectivity index (χ4v) is 3.65. The fourth-order valence-electron chi connectivity index (χ4n) is 2.68. The fraction of sp³-hybridized carbons (Fsp3) is 0.500. The van der Waals surface area contributed by atoms with E-state index in [2.05, 4.69) is 0 Å². The molecule has 0 spiro atoms. The summed E-state index contributed by atoms with van der Waals surface area (Å²) in [6, 6.07) is 4.04. The van der Waals surface area contributed by atoms with Gasteiger partial charge in [0.15, 0.2) is 0 Å². The van der Waals surface area contributed by atoms with Gasteiger partial charge in [0.2, 0.25) is 5.91 Å². The van der Waals surface area contributed by atoms with E-state index in [9.17, 15) is 14.7 Å². The van der Waals surface area contributed by atoms with Crippen LogP contribution in [0.3, 0.4) is 0 Å². The monoisotopic (exact) mass is 307 g/mol. The molecule has 1 heterocycles. The maximum absolute atomic E-state index is 12.7. The number of nitrogens with zero attached hydrogens (tertiary/aromatic N) is 1. The lowest BCUT2D eigenvalue weighted by molar-refractivity contribution is -0.150. The lowest BCUT2D eigenvalue weighted by Gasteiger charge is -2.31. The minimum Gasteiger partial charge on any atom is -0.481 e. The quantitative estimate of drug-likeness (QED) is 0.869. The minimum atomic E-state index is -0.884. The third-order valence-electron chi connectivity index (χ3n) is 4.17. The molecule has 1 aliphatic carbocycles. The number of hydrogen-bond acceptors (Lipinski definition) is 3. The van der Waals surface area contributed by atoms with Gasteiger partial charge in [-0.2, -0.15) is 0 Å². The summed E-state index contributed by atoms with van der Waals surface area (Å²) >= 11 is 1.67. The molecular weight excluding hydrogens is 286 g/mol. The Hall–Kier alpha value is -1.62. The highest BCUT2D eigenvalue weighted by molar-refractivity contribution is 7.12. The summed E-state index contributed by atoms with van der Waals surface area (Å²) in [4.78, 5) is 28.0. The van der Waals surface area contributed by atoms with Crippen molar-refractivity contribution in [3.05, 3.63) is 34.0 Å². The highest BCUT2D eigenvalue weighted by atomic mass is 32.1. The molecule has 2 rings (SSSR count). The molecule has 1 aromatic heterocycles. The van der Waals surface area contributed by atoms with Crippen LogP contribution in [0.5, 0.6) is 0 Å². The van der Waals surface area contributed by atoms with Gasteiger partial charge in [0, 0.05) is 16.8 Å². The summed E-state index contributed by atoms with van der Waals surface area (Å²) in [5.74, 6) is -2.03. The number of aryl methyl sites for hydroxylation is 1. The van der Waals surface area contributed by atoms with Crippen LogP contribution in [0.15, 0.2) is 24.3 Å². The Morgan fingerprint density at radius 2 is 1.90 bits per heavy atom. The summed E-state index contributed by atoms with van der Waals surface area (Å²) in [5.41, 5.74) is 0. The van der Waals surface area contributed by atoms with Crippen molar-refractivity contribution in [1.82, 2.24) is 4.90 Å². The highest BCUT2D eigenvalue weighted by Crippen LogP contribution is 2.32. The molecule has 4 nitrogen and oxygen atoms in total. The lowest BCUT2D eigenvalue weighted by atomic mass is 9.82. The Labute approximate surface area is 129 Å². The molecule has 0 saturated carbocycles. The second-order valence-electron chi connectivity index (χ2n) is 5.57. The number of allylic oxidation sites excluding steroid dienone is 2. The molecule has 0 aromatic carbocycles. The maximum atomic E-state index is 12.7. The molecule has 0 bridgehead atoms. The number of thiophene rings is 1. The van der Waals surface area contributed by atoms with E-state index in [4.69, 9.17) is 0 Å². The Morgan fingerprint density at radius 1 is 1.29 bits per heavy atom. The first kappa shape index (κ1) is 15.8. The zero-order chi connectivity index (χ0) is 15.6. The van der Waals surface area contributed by atoms with Gasteiger partial charge in [0.25, 0.3) is 0 Å². The van der Waals surface area contributed by atoms with Gasteiger partial charge in [-0.15, -0.1) is 11.3 Å². The van der Waals surface area contributed by atoms with Gasteiger partial charge in [0.1, 0.15) is 0 Å². The third-order valence-corrected chi connectivity index (χ3v) is 5.34. The van der Waals surface area contributed by atoms with Crippen LogP contribution in [0.2, 0.25) is 0 Å². The smallest absolute Gasteiger partial charge is 0.307 e. The van der Waals surface area contributed by atoms with Crippen LogP contribution in [-0.2, 0) is 9.59 Å². The van der Waals surface area contributed by atoms with Crippen LogP contribution in [0.25, 0.3) is 0 Å². The van der Waals surface area contributed by atoms with Crippen molar-refractivity contribution >= 4 is 23.2 Å². The largest absolute Gasteiger partial charge is 0.481 e. The Morgan fingerprint density at radius 3 is 2.43 bits per heavy atom. The van der Waals surface area contributed by atoms with E-state index >= 15 is 0 Å². The molecule has 1 aliphatic rings. The Balaban J connectivity index is 2.14. The van der Waals surface area contributed by atoms with Crippen LogP contribution >= 0.6 is 11.3 Å². The van der Waals surface area contributed by atoms with Crippen molar-refractivity contribution in [3.8, 4) is 0 Å².